The molecule has 1 atom stereocenters. The highest BCUT2D eigenvalue weighted by Crippen LogP contribution is 2.47. The van der Waals surface area contributed by atoms with Gasteiger partial charge in [-0.25, -0.2) is 14.8 Å². The van der Waals surface area contributed by atoms with E-state index in [-0.39, 0.29) is 11.0 Å². The summed E-state index contributed by atoms with van der Waals surface area (Å²) in [6.07, 6.45) is 1.24. The molecule has 5 rings (SSSR count). The fourth-order valence-corrected chi connectivity index (χ4v) is 7.24. The first-order valence-corrected chi connectivity index (χ1v) is 19.8. The van der Waals surface area contributed by atoms with Crippen LogP contribution in [0.5, 0.6) is 0 Å². The Kier molecular flexibility index (Phi) is 9.31. The van der Waals surface area contributed by atoms with Crippen molar-refractivity contribution in [2.24, 2.45) is 0 Å². The number of carbonyl (C=O) groups is 1. The minimum atomic E-state index is -2.13. The fourth-order valence-electron chi connectivity index (χ4n) is 6.13. The second kappa shape index (κ2) is 12.6. The number of benzene rings is 1. The van der Waals surface area contributed by atoms with Crippen molar-refractivity contribution in [2.45, 2.75) is 110 Å². The van der Waals surface area contributed by atoms with Crippen LogP contribution in [-0.2, 0) is 27.7 Å². The van der Waals surface area contributed by atoms with E-state index in [1.54, 1.807) is 17.2 Å². The van der Waals surface area contributed by atoms with E-state index in [0.717, 1.165) is 36.6 Å². The summed E-state index contributed by atoms with van der Waals surface area (Å²) in [6.45, 7) is 26.4. The largest absolute Gasteiger partial charge is 0.443 e. The third kappa shape index (κ3) is 7.00. The molecule has 258 valence electrons. The summed E-state index contributed by atoms with van der Waals surface area (Å²) in [4.78, 5) is 27.0. The molecule has 0 unspecified atom stereocenters. The molecule has 1 aromatic carbocycles. The van der Waals surface area contributed by atoms with Crippen molar-refractivity contribution in [1.82, 2.24) is 24.6 Å². The molecule has 3 aromatic rings. The molecular formula is C36H52N8O3Si. The van der Waals surface area contributed by atoms with Crippen LogP contribution in [0.1, 0.15) is 90.6 Å². The average molecular weight is 673 g/mol. The molecular weight excluding hydrogens is 621 g/mol. The van der Waals surface area contributed by atoms with Crippen LogP contribution < -0.4 is 10.2 Å². The maximum Gasteiger partial charge on any atom is 0.414 e. The molecule has 48 heavy (non-hydrogen) atoms. The second-order valence-corrected chi connectivity index (χ2v) is 21.2. The van der Waals surface area contributed by atoms with E-state index < -0.39 is 25.4 Å². The zero-order valence-electron chi connectivity index (χ0n) is 30.8. The van der Waals surface area contributed by atoms with Gasteiger partial charge in [-0.05, 0) is 75.6 Å². The summed E-state index contributed by atoms with van der Waals surface area (Å²) in [5.74, 6) is 1.46. The van der Waals surface area contributed by atoms with Gasteiger partial charge in [0.25, 0.3) is 0 Å². The highest BCUT2D eigenvalue weighted by molar-refractivity contribution is 6.74. The molecule has 1 N–H and O–H groups in total. The Morgan fingerprint density at radius 1 is 1.17 bits per heavy atom. The Morgan fingerprint density at radius 2 is 1.88 bits per heavy atom. The van der Waals surface area contributed by atoms with Crippen molar-refractivity contribution in [2.75, 3.05) is 37.0 Å². The van der Waals surface area contributed by atoms with Gasteiger partial charge in [0.2, 0.25) is 5.95 Å². The van der Waals surface area contributed by atoms with Crippen LogP contribution in [0.25, 0.3) is 11.3 Å². The molecule has 0 saturated carbocycles. The van der Waals surface area contributed by atoms with Gasteiger partial charge in [-0.3, -0.25) is 14.5 Å². The minimum absolute atomic E-state index is 0.0133. The standard InChI is InChI=1S/C36H52N8O3Si/c1-23(2)29-28-20-42(10)15-16-44(28)41-31(29)40-32-38-14-13-27(39-32)24-17-25(19-37)30-26(18-24)36(9,22-46-48(11,12)35(6,7)8)21-43(30)33(45)47-34(3,4)5/h13-14,17-18,23H,15-16,20-22H2,1-12H3,(H,38,39,40,41)/t36-/m1/s1. The van der Waals surface area contributed by atoms with Crippen molar-refractivity contribution >= 4 is 31.9 Å². The molecule has 2 aromatic heterocycles. The molecule has 0 saturated heterocycles. The summed E-state index contributed by atoms with van der Waals surface area (Å²) in [7, 11) is -0.00339. The first-order valence-electron chi connectivity index (χ1n) is 16.8. The number of nitrogens with one attached hydrogen (secondary N) is 1. The Labute approximate surface area is 286 Å². The summed E-state index contributed by atoms with van der Waals surface area (Å²) >= 11 is 0. The average Bonchev–Trinajstić information content (AvgIpc) is 3.49. The zero-order chi connectivity index (χ0) is 35.4. The summed E-state index contributed by atoms with van der Waals surface area (Å²) in [6, 6.07) is 8.06. The van der Waals surface area contributed by atoms with Gasteiger partial charge in [0.1, 0.15) is 11.7 Å². The lowest BCUT2D eigenvalue weighted by Gasteiger charge is -2.39. The lowest BCUT2D eigenvalue weighted by molar-refractivity contribution is 0.0575. The molecule has 4 heterocycles. The lowest BCUT2D eigenvalue weighted by atomic mass is 9.83. The number of nitriles is 1. The van der Waals surface area contributed by atoms with Crippen molar-refractivity contribution in [3.63, 3.8) is 0 Å². The normalized spacial score (nSPS) is 18.5. The van der Waals surface area contributed by atoms with Crippen molar-refractivity contribution in [3.05, 3.63) is 46.8 Å². The van der Waals surface area contributed by atoms with E-state index in [4.69, 9.17) is 19.2 Å². The van der Waals surface area contributed by atoms with E-state index >= 15 is 0 Å². The molecule has 0 fully saturated rings. The highest BCUT2D eigenvalue weighted by atomic mass is 28.4. The number of fused-ring (bicyclic) bond motifs is 2. The predicted octanol–water partition coefficient (Wildman–Crippen LogP) is 7.56. The quantitative estimate of drug-likeness (QED) is 0.254. The number of carbonyl (C=O) groups excluding carboxylic acids is 1. The molecule has 0 radical (unpaired) electrons. The lowest BCUT2D eigenvalue weighted by Crippen LogP contribution is -2.46. The zero-order valence-corrected chi connectivity index (χ0v) is 31.8. The summed E-state index contributed by atoms with van der Waals surface area (Å²) in [5, 5.41) is 18.8. The van der Waals surface area contributed by atoms with Gasteiger partial charge in [0.15, 0.2) is 14.1 Å². The predicted molar refractivity (Wildman–Crippen MR) is 192 cm³/mol. The maximum atomic E-state index is 13.6. The van der Waals surface area contributed by atoms with Gasteiger partial charge in [-0.15, -0.1) is 0 Å². The number of aromatic nitrogens is 4. The van der Waals surface area contributed by atoms with Gasteiger partial charge in [0, 0.05) is 49.0 Å². The maximum absolute atomic E-state index is 13.6. The van der Waals surface area contributed by atoms with Gasteiger partial charge in [-0.1, -0.05) is 41.5 Å². The van der Waals surface area contributed by atoms with Gasteiger partial charge in [0.05, 0.1) is 29.2 Å². The third-order valence-electron chi connectivity index (χ3n) is 9.80. The minimum Gasteiger partial charge on any atom is -0.443 e. The van der Waals surface area contributed by atoms with E-state index in [9.17, 15) is 10.1 Å². The van der Waals surface area contributed by atoms with Crippen molar-refractivity contribution in [1.29, 1.82) is 5.26 Å². The Morgan fingerprint density at radius 3 is 2.50 bits per heavy atom. The number of rotatable bonds is 7. The van der Waals surface area contributed by atoms with Crippen LogP contribution in [0.4, 0.5) is 22.2 Å². The molecule has 11 nitrogen and oxygen atoms in total. The number of amides is 1. The van der Waals surface area contributed by atoms with Crippen LogP contribution in [0.2, 0.25) is 18.1 Å². The van der Waals surface area contributed by atoms with Crippen LogP contribution >= 0.6 is 0 Å². The number of nitrogens with zero attached hydrogens (tertiary/aromatic N) is 7. The van der Waals surface area contributed by atoms with Crippen LogP contribution in [0.15, 0.2) is 24.4 Å². The SMILES string of the molecule is CC(C)c1c(Nc2nccc(-c3cc(C#N)c4c(c3)[C@@](C)(CO[Si](C)(C)C(C)(C)C)CN4C(=O)OC(C)(C)C)n2)nn2c1CN(C)CC2. The first kappa shape index (κ1) is 35.5. The molecule has 0 spiro atoms. The number of anilines is 3. The molecule has 12 heteroatoms. The van der Waals surface area contributed by atoms with E-state index in [1.165, 1.54) is 11.3 Å². The number of hydrogen-bond donors (Lipinski definition) is 1. The highest BCUT2D eigenvalue weighted by Gasteiger charge is 2.47. The number of hydrogen-bond acceptors (Lipinski definition) is 9. The van der Waals surface area contributed by atoms with E-state index in [2.05, 4.69) is 87.6 Å². The van der Waals surface area contributed by atoms with Crippen LogP contribution in [0.3, 0.4) is 0 Å². The third-order valence-corrected chi connectivity index (χ3v) is 14.3. The summed E-state index contributed by atoms with van der Waals surface area (Å²) < 4.78 is 14.7. The molecule has 0 aliphatic carbocycles. The number of ether oxygens (including phenoxy) is 1. The fraction of sp³-hybridized carbons (Fsp3) is 0.583. The van der Waals surface area contributed by atoms with Crippen LogP contribution in [-0.4, -0.2) is 71.4 Å². The Balaban J connectivity index is 1.56. The smallest absolute Gasteiger partial charge is 0.414 e. The molecule has 1 amide bonds. The van der Waals surface area contributed by atoms with Gasteiger partial charge < -0.3 is 14.5 Å². The monoisotopic (exact) mass is 672 g/mol. The second-order valence-electron chi connectivity index (χ2n) is 16.4. The Bertz CT molecular complexity index is 1750. The van der Waals surface area contributed by atoms with Crippen molar-refractivity contribution in [3.8, 4) is 17.3 Å². The van der Waals surface area contributed by atoms with E-state index in [0.29, 0.717) is 36.0 Å². The topological polar surface area (TPSA) is 121 Å². The molecule has 2 aliphatic heterocycles. The van der Waals surface area contributed by atoms with Gasteiger partial charge in [-0.2, -0.15) is 10.4 Å². The Hall–Kier alpha value is -3.79. The van der Waals surface area contributed by atoms with Gasteiger partial charge >= 0.3 is 6.09 Å². The van der Waals surface area contributed by atoms with Crippen LogP contribution in [0, 0.1) is 11.3 Å². The summed E-state index contributed by atoms with van der Waals surface area (Å²) in [5.41, 5.74) is 4.33. The van der Waals surface area contributed by atoms with E-state index in [1.807, 2.05) is 32.9 Å². The van der Waals surface area contributed by atoms with Crippen molar-refractivity contribution < 1.29 is 14.0 Å². The first-order chi connectivity index (χ1) is 22.2. The molecule has 2 aliphatic rings. The molecule has 0 bridgehead atoms. The number of likely N-dealkylation sites (N-methyl/N-ethyl adjacent to an activating group) is 1.